The van der Waals surface area contributed by atoms with E-state index in [2.05, 4.69) is 15.0 Å². The van der Waals surface area contributed by atoms with Gasteiger partial charge in [0, 0.05) is 5.69 Å². The van der Waals surface area contributed by atoms with Gasteiger partial charge >= 0.3 is 0 Å². The first-order chi connectivity index (χ1) is 10.5. The lowest BCUT2D eigenvalue weighted by Gasteiger charge is -2.09. The molecule has 0 aliphatic carbocycles. The second-order valence-electron chi connectivity index (χ2n) is 4.81. The van der Waals surface area contributed by atoms with Crippen LogP contribution < -0.4 is 4.72 Å². The molecule has 1 heterocycles. The van der Waals surface area contributed by atoms with Crippen molar-refractivity contribution in [2.24, 2.45) is 0 Å². The Balaban J connectivity index is 1.82. The first-order valence-corrected chi connectivity index (χ1v) is 8.09. The summed E-state index contributed by atoms with van der Waals surface area (Å²) in [6.07, 6.45) is 3.29. The fraction of sp³-hybridized carbons (Fsp3) is 0.0667. The minimum absolute atomic E-state index is 0.235. The van der Waals surface area contributed by atoms with Gasteiger partial charge in [-0.1, -0.05) is 22.9 Å². The molecule has 112 valence electrons. The Hall–Kier alpha value is -2.67. The van der Waals surface area contributed by atoms with Crippen LogP contribution in [0.25, 0.3) is 5.69 Å². The largest absolute Gasteiger partial charge is 0.280 e. The van der Waals surface area contributed by atoms with E-state index in [1.165, 1.54) is 0 Å². The van der Waals surface area contributed by atoms with Crippen molar-refractivity contribution in [2.75, 3.05) is 4.72 Å². The molecule has 0 aliphatic rings. The molecule has 0 bridgehead atoms. The van der Waals surface area contributed by atoms with E-state index >= 15 is 0 Å². The molecule has 3 aromatic rings. The smallest absolute Gasteiger partial charge is 0.261 e. The number of sulfonamides is 1. The van der Waals surface area contributed by atoms with Gasteiger partial charge in [-0.2, -0.15) is 0 Å². The lowest BCUT2D eigenvalue weighted by molar-refractivity contribution is 0.601. The van der Waals surface area contributed by atoms with E-state index in [1.807, 2.05) is 6.92 Å². The van der Waals surface area contributed by atoms with Crippen molar-refractivity contribution in [3.05, 3.63) is 66.5 Å². The molecule has 0 atom stereocenters. The molecule has 6 nitrogen and oxygen atoms in total. The Labute approximate surface area is 128 Å². The second kappa shape index (κ2) is 5.61. The molecule has 0 fully saturated rings. The van der Waals surface area contributed by atoms with Gasteiger partial charge in [0.15, 0.2) is 0 Å². The van der Waals surface area contributed by atoms with Crippen molar-refractivity contribution in [1.82, 2.24) is 15.0 Å². The molecule has 0 saturated carbocycles. The summed E-state index contributed by atoms with van der Waals surface area (Å²) in [7, 11) is -3.58. The van der Waals surface area contributed by atoms with Gasteiger partial charge in [-0.25, -0.2) is 13.1 Å². The maximum Gasteiger partial charge on any atom is 0.261 e. The molecule has 22 heavy (non-hydrogen) atoms. The van der Waals surface area contributed by atoms with Crippen molar-refractivity contribution in [2.45, 2.75) is 11.8 Å². The number of aromatic nitrogens is 3. The van der Waals surface area contributed by atoms with Gasteiger partial charge in [-0.3, -0.25) is 4.72 Å². The molecule has 0 unspecified atom stereocenters. The third kappa shape index (κ3) is 2.99. The van der Waals surface area contributed by atoms with Gasteiger partial charge in [0.25, 0.3) is 10.0 Å². The maximum absolute atomic E-state index is 12.3. The van der Waals surface area contributed by atoms with Crippen molar-refractivity contribution < 1.29 is 8.42 Å². The summed E-state index contributed by atoms with van der Waals surface area (Å²) >= 11 is 0. The molecule has 0 spiro atoms. The highest BCUT2D eigenvalue weighted by molar-refractivity contribution is 7.92. The Morgan fingerprint density at radius 1 is 1.00 bits per heavy atom. The fourth-order valence-electron chi connectivity index (χ4n) is 1.96. The SMILES string of the molecule is Cc1ccc(S(=O)(=O)Nc2ccc(-n3ccnn3)cc2)cc1. The molecule has 3 rings (SSSR count). The van der Waals surface area contributed by atoms with E-state index in [4.69, 9.17) is 0 Å². The quantitative estimate of drug-likeness (QED) is 0.802. The van der Waals surface area contributed by atoms with Crippen LogP contribution in [0.3, 0.4) is 0 Å². The van der Waals surface area contributed by atoms with Crippen molar-refractivity contribution in [1.29, 1.82) is 0 Å². The van der Waals surface area contributed by atoms with Crippen molar-refractivity contribution in [3.63, 3.8) is 0 Å². The third-order valence-electron chi connectivity index (χ3n) is 3.14. The number of hydrogen-bond donors (Lipinski definition) is 1. The molecule has 0 amide bonds. The lowest BCUT2D eigenvalue weighted by Crippen LogP contribution is -2.12. The van der Waals surface area contributed by atoms with Crippen LogP contribution in [-0.2, 0) is 10.0 Å². The van der Waals surface area contributed by atoms with E-state index in [9.17, 15) is 8.42 Å². The minimum atomic E-state index is -3.58. The molecular formula is C15H14N4O2S. The Kier molecular flexibility index (Phi) is 3.64. The van der Waals surface area contributed by atoms with Crippen LogP contribution in [0.2, 0.25) is 0 Å². The number of nitrogens with one attached hydrogen (secondary N) is 1. The van der Waals surface area contributed by atoms with Crippen LogP contribution in [0.5, 0.6) is 0 Å². The zero-order chi connectivity index (χ0) is 15.6. The minimum Gasteiger partial charge on any atom is -0.280 e. The van der Waals surface area contributed by atoms with Gasteiger partial charge < -0.3 is 0 Å². The summed E-state index contributed by atoms with van der Waals surface area (Å²) in [5.74, 6) is 0. The first-order valence-electron chi connectivity index (χ1n) is 6.61. The Morgan fingerprint density at radius 3 is 2.27 bits per heavy atom. The molecule has 1 N–H and O–H groups in total. The maximum atomic E-state index is 12.3. The average molecular weight is 314 g/mol. The van der Waals surface area contributed by atoms with Gasteiger partial charge in [0.1, 0.15) is 0 Å². The topological polar surface area (TPSA) is 76.9 Å². The monoisotopic (exact) mass is 314 g/mol. The van der Waals surface area contributed by atoms with E-state index in [-0.39, 0.29) is 4.90 Å². The summed E-state index contributed by atoms with van der Waals surface area (Å²) in [5, 5.41) is 7.60. The average Bonchev–Trinajstić information content (AvgIpc) is 3.02. The fourth-order valence-corrected chi connectivity index (χ4v) is 3.02. The highest BCUT2D eigenvalue weighted by Gasteiger charge is 2.13. The van der Waals surface area contributed by atoms with E-state index in [0.717, 1.165) is 11.3 Å². The van der Waals surface area contributed by atoms with Crippen LogP contribution in [0, 0.1) is 6.92 Å². The predicted octanol–water partition coefficient (Wildman–Crippen LogP) is 2.38. The zero-order valence-electron chi connectivity index (χ0n) is 11.8. The Bertz CT molecular complexity index is 855. The number of aryl methyl sites for hydroxylation is 1. The summed E-state index contributed by atoms with van der Waals surface area (Å²) in [6, 6.07) is 13.6. The van der Waals surface area contributed by atoms with Crippen molar-refractivity contribution >= 4 is 15.7 Å². The zero-order valence-corrected chi connectivity index (χ0v) is 12.7. The number of rotatable bonds is 4. The predicted molar refractivity (Wildman–Crippen MR) is 83.3 cm³/mol. The lowest BCUT2D eigenvalue weighted by atomic mass is 10.2. The van der Waals surface area contributed by atoms with Crippen LogP contribution in [0.15, 0.2) is 65.8 Å². The van der Waals surface area contributed by atoms with Crippen LogP contribution in [0.1, 0.15) is 5.56 Å². The third-order valence-corrected chi connectivity index (χ3v) is 4.54. The van der Waals surface area contributed by atoms with Crippen LogP contribution >= 0.6 is 0 Å². The molecule has 7 heteroatoms. The summed E-state index contributed by atoms with van der Waals surface area (Å²) in [6.45, 7) is 1.91. The van der Waals surface area contributed by atoms with E-state index in [0.29, 0.717) is 5.69 Å². The van der Waals surface area contributed by atoms with E-state index in [1.54, 1.807) is 65.6 Å². The molecule has 0 aliphatic heterocycles. The van der Waals surface area contributed by atoms with Crippen LogP contribution in [0.4, 0.5) is 5.69 Å². The number of benzene rings is 2. The molecule has 2 aromatic carbocycles. The summed E-state index contributed by atoms with van der Waals surface area (Å²) < 4.78 is 28.7. The standard InChI is InChI=1S/C15H14N4O2S/c1-12-2-8-15(9-3-12)22(20,21)17-13-4-6-14(7-5-13)19-11-10-16-18-19/h2-11,17H,1H3. The summed E-state index contributed by atoms with van der Waals surface area (Å²) in [5.41, 5.74) is 2.30. The van der Waals surface area contributed by atoms with Gasteiger partial charge in [0.05, 0.1) is 23.0 Å². The molecule has 1 aromatic heterocycles. The highest BCUT2D eigenvalue weighted by atomic mass is 32.2. The van der Waals surface area contributed by atoms with Gasteiger partial charge in [-0.15, -0.1) is 5.10 Å². The van der Waals surface area contributed by atoms with Crippen molar-refractivity contribution in [3.8, 4) is 5.69 Å². The Morgan fingerprint density at radius 2 is 1.68 bits per heavy atom. The van der Waals surface area contributed by atoms with E-state index < -0.39 is 10.0 Å². The van der Waals surface area contributed by atoms with Gasteiger partial charge in [-0.05, 0) is 43.3 Å². The molecular weight excluding hydrogens is 300 g/mol. The number of anilines is 1. The number of nitrogens with zero attached hydrogens (tertiary/aromatic N) is 3. The van der Waals surface area contributed by atoms with Gasteiger partial charge in [0.2, 0.25) is 0 Å². The normalized spacial score (nSPS) is 11.3. The highest BCUT2D eigenvalue weighted by Crippen LogP contribution is 2.18. The second-order valence-corrected chi connectivity index (χ2v) is 6.50. The van der Waals surface area contributed by atoms with Crippen LogP contribution in [-0.4, -0.2) is 23.4 Å². The molecule has 0 radical (unpaired) electrons. The number of hydrogen-bond acceptors (Lipinski definition) is 4. The summed E-state index contributed by atoms with van der Waals surface area (Å²) in [4.78, 5) is 0.235. The first kappa shape index (κ1) is 14.3. The molecule has 0 saturated heterocycles.